The van der Waals surface area contributed by atoms with Crippen LogP contribution in [0.2, 0.25) is 0 Å². The molecule has 110 valence electrons. The Bertz CT molecular complexity index is 664. The van der Waals surface area contributed by atoms with E-state index in [4.69, 9.17) is 4.74 Å². The summed E-state index contributed by atoms with van der Waals surface area (Å²) < 4.78 is 6.74. The van der Waals surface area contributed by atoms with Crippen molar-refractivity contribution >= 4 is 5.91 Å². The first-order valence-corrected chi connectivity index (χ1v) is 6.75. The van der Waals surface area contributed by atoms with E-state index in [1.807, 2.05) is 24.3 Å². The number of aromatic nitrogens is 1. The lowest BCUT2D eigenvalue weighted by atomic mass is 10.2. The molecule has 2 rings (SSSR count). The summed E-state index contributed by atoms with van der Waals surface area (Å²) in [5, 5.41) is 2.83. The number of carbonyl (C=O) groups excluding carboxylic acids is 1. The smallest absolute Gasteiger partial charge is 0.250 e. The van der Waals surface area contributed by atoms with Crippen LogP contribution in [0, 0.1) is 0 Å². The molecule has 21 heavy (non-hydrogen) atoms. The summed E-state index contributed by atoms with van der Waals surface area (Å²) in [6.45, 7) is 0.782. The molecule has 0 aliphatic rings. The zero-order valence-corrected chi connectivity index (χ0v) is 11.9. The first-order valence-electron chi connectivity index (χ1n) is 6.75. The van der Waals surface area contributed by atoms with Crippen LogP contribution in [0.1, 0.15) is 12.0 Å². The van der Waals surface area contributed by atoms with Crippen molar-refractivity contribution in [2.24, 2.45) is 0 Å². The SMILES string of the molecule is COc1ccccc1CNC(=O)CCn1ccccc1=O. The maximum Gasteiger partial charge on any atom is 0.250 e. The predicted octanol–water partition coefficient (Wildman–Crippen LogP) is 1.56. The van der Waals surface area contributed by atoms with Crippen LogP contribution in [0.3, 0.4) is 0 Å². The van der Waals surface area contributed by atoms with Gasteiger partial charge in [0.05, 0.1) is 7.11 Å². The molecular weight excluding hydrogens is 268 g/mol. The summed E-state index contributed by atoms with van der Waals surface area (Å²) in [7, 11) is 1.60. The fraction of sp³-hybridized carbons (Fsp3) is 0.250. The van der Waals surface area contributed by atoms with Crippen molar-refractivity contribution in [2.45, 2.75) is 19.5 Å². The molecule has 0 spiro atoms. The number of carbonyl (C=O) groups is 1. The Morgan fingerprint density at radius 3 is 2.71 bits per heavy atom. The third-order valence-corrected chi connectivity index (χ3v) is 3.15. The van der Waals surface area contributed by atoms with Gasteiger partial charge in [-0.05, 0) is 12.1 Å². The van der Waals surface area contributed by atoms with E-state index < -0.39 is 0 Å². The number of methoxy groups -OCH3 is 1. The number of ether oxygens (including phenoxy) is 1. The lowest BCUT2D eigenvalue weighted by Gasteiger charge is -2.10. The largest absolute Gasteiger partial charge is 0.496 e. The Morgan fingerprint density at radius 2 is 1.95 bits per heavy atom. The monoisotopic (exact) mass is 286 g/mol. The van der Waals surface area contributed by atoms with E-state index in [-0.39, 0.29) is 17.9 Å². The number of aryl methyl sites for hydroxylation is 1. The molecule has 0 bridgehead atoms. The van der Waals surface area contributed by atoms with E-state index in [0.717, 1.165) is 11.3 Å². The van der Waals surface area contributed by atoms with E-state index in [1.165, 1.54) is 10.6 Å². The summed E-state index contributed by atoms with van der Waals surface area (Å²) in [6, 6.07) is 12.5. The highest BCUT2D eigenvalue weighted by Crippen LogP contribution is 2.16. The number of nitrogens with zero attached hydrogens (tertiary/aromatic N) is 1. The minimum Gasteiger partial charge on any atom is -0.496 e. The summed E-state index contributed by atoms with van der Waals surface area (Å²) in [5.74, 6) is 0.647. The average Bonchev–Trinajstić information content (AvgIpc) is 2.52. The van der Waals surface area contributed by atoms with E-state index in [9.17, 15) is 9.59 Å². The van der Waals surface area contributed by atoms with Gasteiger partial charge < -0.3 is 14.6 Å². The first kappa shape index (κ1) is 14.8. The molecule has 1 N–H and O–H groups in total. The molecule has 1 aromatic heterocycles. The van der Waals surface area contributed by atoms with Crippen molar-refractivity contribution in [1.29, 1.82) is 0 Å². The van der Waals surface area contributed by atoms with Crippen molar-refractivity contribution < 1.29 is 9.53 Å². The molecule has 0 radical (unpaired) electrons. The standard InChI is InChI=1S/C16H18N2O3/c1-21-14-7-3-2-6-13(14)12-17-15(19)9-11-18-10-5-4-8-16(18)20/h2-8,10H,9,11-12H2,1H3,(H,17,19). The Kier molecular flexibility index (Phi) is 5.15. The number of hydrogen-bond donors (Lipinski definition) is 1. The Morgan fingerprint density at radius 1 is 1.19 bits per heavy atom. The summed E-state index contributed by atoms with van der Waals surface area (Å²) >= 11 is 0. The molecule has 0 fully saturated rings. The van der Waals surface area contributed by atoms with Gasteiger partial charge in [0.2, 0.25) is 5.91 Å². The second-order valence-corrected chi connectivity index (χ2v) is 4.57. The van der Waals surface area contributed by atoms with Crippen molar-refractivity contribution in [1.82, 2.24) is 9.88 Å². The van der Waals surface area contributed by atoms with Gasteiger partial charge in [-0.3, -0.25) is 9.59 Å². The molecule has 1 heterocycles. The molecule has 0 aliphatic carbocycles. The Labute approximate surface area is 123 Å². The van der Waals surface area contributed by atoms with Gasteiger partial charge in [0, 0.05) is 37.3 Å². The van der Waals surface area contributed by atoms with Gasteiger partial charge in [0.25, 0.3) is 5.56 Å². The lowest BCUT2D eigenvalue weighted by molar-refractivity contribution is -0.121. The Balaban J connectivity index is 1.85. The second kappa shape index (κ2) is 7.28. The van der Waals surface area contributed by atoms with Gasteiger partial charge in [-0.15, -0.1) is 0 Å². The fourth-order valence-electron chi connectivity index (χ4n) is 2.00. The van der Waals surface area contributed by atoms with Crippen molar-refractivity contribution in [3.05, 3.63) is 64.6 Å². The highest BCUT2D eigenvalue weighted by atomic mass is 16.5. The third kappa shape index (κ3) is 4.21. The quantitative estimate of drug-likeness (QED) is 0.876. The van der Waals surface area contributed by atoms with Crippen LogP contribution in [0.5, 0.6) is 5.75 Å². The van der Waals surface area contributed by atoms with Crippen LogP contribution in [-0.2, 0) is 17.9 Å². The highest BCUT2D eigenvalue weighted by molar-refractivity contribution is 5.75. The molecule has 5 heteroatoms. The minimum absolute atomic E-state index is 0.100. The number of benzene rings is 1. The van der Waals surface area contributed by atoms with Gasteiger partial charge in [0.15, 0.2) is 0 Å². The van der Waals surface area contributed by atoms with Crippen LogP contribution in [0.15, 0.2) is 53.5 Å². The molecule has 1 aromatic carbocycles. The highest BCUT2D eigenvalue weighted by Gasteiger charge is 2.05. The molecule has 2 aromatic rings. The van der Waals surface area contributed by atoms with Crippen molar-refractivity contribution in [3.63, 3.8) is 0 Å². The van der Waals surface area contributed by atoms with E-state index in [2.05, 4.69) is 5.32 Å². The van der Waals surface area contributed by atoms with Gasteiger partial charge in [-0.2, -0.15) is 0 Å². The average molecular weight is 286 g/mol. The minimum atomic E-state index is -0.102. The maximum absolute atomic E-state index is 11.8. The van der Waals surface area contributed by atoms with Gasteiger partial charge in [0.1, 0.15) is 5.75 Å². The number of hydrogen-bond acceptors (Lipinski definition) is 3. The van der Waals surface area contributed by atoms with Crippen LogP contribution < -0.4 is 15.6 Å². The molecule has 0 atom stereocenters. The summed E-state index contributed by atoms with van der Waals surface area (Å²) in [5.41, 5.74) is 0.820. The van der Waals surface area contributed by atoms with Crippen LogP contribution in [0.4, 0.5) is 0 Å². The van der Waals surface area contributed by atoms with Gasteiger partial charge in [-0.1, -0.05) is 24.3 Å². The Hall–Kier alpha value is -2.56. The molecule has 0 saturated heterocycles. The van der Waals surface area contributed by atoms with E-state index in [1.54, 1.807) is 25.4 Å². The lowest BCUT2D eigenvalue weighted by Crippen LogP contribution is -2.26. The number of rotatable bonds is 6. The number of para-hydroxylation sites is 1. The number of nitrogens with one attached hydrogen (secondary N) is 1. The molecule has 5 nitrogen and oxygen atoms in total. The maximum atomic E-state index is 11.8. The molecule has 0 aliphatic heterocycles. The third-order valence-electron chi connectivity index (χ3n) is 3.15. The molecule has 0 unspecified atom stereocenters. The topological polar surface area (TPSA) is 60.3 Å². The predicted molar refractivity (Wildman–Crippen MR) is 80.2 cm³/mol. The second-order valence-electron chi connectivity index (χ2n) is 4.57. The first-order chi connectivity index (χ1) is 10.2. The molecule has 1 amide bonds. The number of amides is 1. The normalized spacial score (nSPS) is 10.1. The summed E-state index contributed by atoms with van der Waals surface area (Å²) in [6.07, 6.45) is 1.94. The molecular formula is C16H18N2O3. The van der Waals surface area contributed by atoms with Crippen LogP contribution in [0.25, 0.3) is 0 Å². The number of pyridine rings is 1. The van der Waals surface area contributed by atoms with E-state index in [0.29, 0.717) is 13.1 Å². The zero-order chi connectivity index (χ0) is 15.1. The van der Waals surface area contributed by atoms with Gasteiger partial charge >= 0.3 is 0 Å². The van der Waals surface area contributed by atoms with Crippen LogP contribution >= 0.6 is 0 Å². The van der Waals surface area contributed by atoms with Crippen molar-refractivity contribution in [3.8, 4) is 5.75 Å². The fourth-order valence-corrected chi connectivity index (χ4v) is 2.00. The zero-order valence-electron chi connectivity index (χ0n) is 11.9. The van der Waals surface area contributed by atoms with E-state index >= 15 is 0 Å². The summed E-state index contributed by atoms with van der Waals surface area (Å²) in [4.78, 5) is 23.3. The van der Waals surface area contributed by atoms with Crippen LogP contribution in [-0.4, -0.2) is 17.6 Å². The van der Waals surface area contributed by atoms with Gasteiger partial charge in [-0.25, -0.2) is 0 Å². The van der Waals surface area contributed by atoms with Crippen molar-refractivity contribution in [2.75, 3.05) is 7.11 Å². The molecule has 0 saturated carbocycles.